The molecule has 160 valence electrons. The molecular weight excluding hydrogens is 392 g/mol. The van der Waals surface area contributed by atoms with Crippen molar-refractivity contribution in [1.82, 2.24) is 0 Å². The molecular formula is C25H32O4Si. The standard InChI is InChI=1S/C25H32O4Si/c1-19-18-23(29-24(19)27)22(26)16-11-17-28-30(25(2,3)4,20-12-7-5-8-13-20)21-14-9-6-10-15-21/h5-10,12-15,18,22-23,26H,11,16-17H2,1-4H3/t22-,23-/m1/s1. The van der Waals surface area contributed by atoms with Gasteiger partial charge in [0.15, 0.2) is 0 Å². The van der Waals surface area contributed by atoms with Crippen molar-refractivity contribution in [2.75, 3.05) is 6.61 Å². The molecule has 0 saturated carbocycles. The molecule has 0 radical (unpaired) electrons. The Balaban J connectivity index is 1.78. The number of cyclic esters (lactones) is 1. The quantitative estimate of drug-likeness (QED) is 0.400. The second kappa shape index (κ2) is 9.29. The average Bonchev–Trinajstić information content (AvgIpc) is 3.07. The summed E-state index contributed by atoms with van der Waals surface area (Å²) in [6.45, 7) is 8.99. The fourth-order valence-corrected chi connectivity index (χ4v) is 8.80. The highest BCUT2D eigenvalue weighted by molar-refractivity contribution is 6.99. The van der Waals surface area contributed by atoms with Gasteiger partial charge in [0.25, 0.3) is 8.32 Å². The van der Waals surface area contributed by atoms with Crippen molar-refractivity contribution in [3.63, 3.8) is 0 Å². The molecule has 3 rings (SSSR count). The van der Waals surface area contributed by atoms with E-state index >= 15 is 0 Å². The first-order valence-electron chi connectivity index (χ1n) is 10.6. The highest BCUT2D eigenvalue weighted by Crippen LogP contribution is 2.36. The first kappa shape index (κ1) is 22.5. The Morgan fingerprint density at radius 1 is 1.03 bits per heavy atom. The van der Waals surface area contributed by atoms with E-state index in [0.717, 1.165) is 0 Å². The molecule has 2 aromatic rings. The number of rotatable bonds is 8. The third kappa shape index (κ3) is 4.58. The van der Waals surface area contributed by atoms with Crippen LogP contribution in [0.15, 0.2) is 72.3 Å². The molecule has 0 bridgehead atoms. The molecule has 0 aliphatic carbocycles. The summed E-state index contributed by atoms with van der Waals surface area (Å²) in [5, 5.41) is 12.9. The molecule has 4 nitrogen and oxygen atoms in total. The van der Waals surface area contributed by atoms with Crippen molar-refractivity contribution in [1.29, 1.82) is 0 Å². The van der Waals surface area contributed by atoms with Crippen molar-refractivity contribution in [2.24, 2.45) is 0 Å². The second-order valence-electron chi connectivity index (χ2n) is 8.94. The van der Waals surface area contributed by atoms with Gasteiger partial charge in [0.05, 0.1) is 6.10 Å². The number of aliphatic hydroxyl groups is 1. The summed E-state index contributed by atoms with van der Waals surface area (Å²) < 4.78 is 12.0. The summed E-state index contributed by atoms with van der Waals surface area (Å²) in [7, 11) is -2.55. The van der Waals surface area contributed by atoms with Crippen molar-refractivity contribution in [3.8, 4) is 0 Å². The largest absolute Gasteiger partial charge is 0.452 e. The summed E-state index contributed by atoms with van der Waals surface area (Å²) in [6.07, 6.45) is 1.64. The lowest BCUT2D eigenvalue weighted by Gasteiger charge is -2.43. The molecule has 1 N–H and O–H groups in total. The second-order valence-corrected chi connectivity index (χ2v) is 13.2. The third-order valence-electron chi connectivity index (χ3n) is 5.74. The maximum absolute atomic E-state index is 11.6. The van der Waals surface area contributed by atoms with E-state index in [0.29, 0.717) is 25.0 Å². The smallest absolute Gasteiger partial charge is 0.334 e. The molecule has 5 heteroatoms. The molecule has 1 aliphatic heterocycles. The van der Waals surface area contributed by atoms with Gasteiger partial charge in [0.1, 0.15) is 6.10 Å². The minimum atomic E-state index is -2.55. The number of aliphatic hydroxyl groups excluding tert-OH is 1. The molecule has 1 aliphatic rings. The van der Waals surface area contributed by atoms with Crippen LogP contribution in [0.3, 0.4) is 0 Å². The molecule has 2 aromatic carbocycles. The minimum absolute atomic E-state index is 0.0743. The predicted molar refractivity (Wildman–Crippen MR) is 122 cm³/mol. The van der Waals surface area contributed by atoms with Gasteiger partial charge in [0, 0.05) is 12.2 Å². The fourth-order valence-electron chi connectivity index (χ4n) is 4.20. The van der Waals surface area contributed by atoms with Crippen LogP contribution in [0, 0.1) is 0 Å². The Kier molecular flexibility index (Phi) is 6.96. The lowest BCUT2D eigenvalue weighted by atomic mass is 10.1. The first-order valence-corrected chi connectivity index (χ1v) is 12.5. The average molecular weight is 425 g/mol. The fraction of sp³-hybridized carbons (Fsp3) is 0.400. The van der Waals surface area contributed by atoms with Gasteiger partial charge in [-0.15, -0.1) is 0 Å². The van der Waals surface area contributed by atoms with Gasteiger partial charge in [-0.1, -0.05) is 81.4 Å². The summed E-state index contributed by atoms with van der Waals surface area (Å²) in [5.74, 6) is -0.345. The highest BCUT2D eigenvalue weighted by Gasteiger charge is 2.50. The van der Waals surface area contributed by atoms with Gasteiger partial charge in [-0.05, 0) is 41.3 Å². The topological polar surface area (TPSA) is 55.8 Å². The SMILES string of the molecule is CC1=C[C@H]([C@H](O)CCCO[Si](c2ccccc2)(c2ccccc2)C(C)(C)C)OC1=O. The number of carbonyl (C=O) groups excluding carboxylic acids is 1. The van der Waals surface area contributed by atoms with Crippen LogP contribution in [-0.2, 0) is 14.0 Å². The monoisotopic (exact) mass is 424 g/mol. The molecule has 0 spiro atoms. The molecule has 30 heavy (non-hydrogen) atoms. The van der Waals surface area contributed by atoms with Crippen molar-refractivity contribution < 1.29 is 19.1 Å². The van der Waals surface area contributed by atoms with E-state index in [1.54, 1.807) is 13.0 Å². The summed E-state index contributed by atoms with van der Waals surface area (Å²) >= 11 is 0. The number of carbonyl (C=O) groups is 1. The van der Waals surface area contributed by atoms with E-state index < -0.39 is 20.5 Å². The maximum atomic E-state index is 11.6. The molecule has 1 heterocycles. The zero-order valence-electron chi connectivity index (χ0n) is 18.3. The van der Waals surface area contributed by atoms with E-state index in [4.69, 9.17) is 9.16 Å². The zero-order valence-corrected chi connectivity index (χ0v) is 19.3. The van der Waals surface area contributed by atoms with Crippen LogP contribution in [0.1, 0.15) is 40.5 Å². The van der Waals surface area contributed by atoms with Gasteiger partial charge < -0.3 is 14.3 Å². The van der Waals surface area contributed by atoms with E-state index in [1.165, 1.54) is 10.4 Å². The predicted octanol–water partition coefficient (Wildman–Crippen LogP) is 3.58. The number of esters is 1. The van der Waals surface area contributed by atoms with E-state index in [1.807, 2.05) is 12.1 Å². The molecule has 0 amide bonds. The molecule has 0 fully saturated rings. The normalized spacial score (nSPS) is 18.1. The molecule has 0 unspecified atom stereocenters. The number of benzene rings is 2. The Morgan fingerprint density at radius 3 is 2.00 bits per heavy atom. The number of hydrogen-bond donors (Lipinski definition) is 1. The molecule has 2 atom stereocenters. The Hall–Kier alpha value is -2.21. The van der Waals surface area contributed by atoms with Gasteiger partial charge in [-0.25, -0.2) is 4.79 Å². The summed E-state index contributed by atoms with van der Waals surface area (Å²) in [4.78, 5) is 11.6. The van der Waals surface area contributed by atoms with Crippen LogP contribution in [0.2, 0.25) is 5.04 Å². The highest BCUT2D eigenvalue weighted by atomic mass is 28.4. The van der Waals surface area contributed by atoms with Crippen molar-refractivity contribution in [2.45, 2.75) is 57.8 Å². The third-order valence-corrected chi connectivity index (χ3v) is 10.8. The summed E-state index contributed by atoms with van der Waals surface area (Å²) in [6, 6.07) is 21.0. The van der Waals surface area contributed by atoms with E-state index in [9.17, 15) is 9.90 Å². The zero-order chi connectivity index (χ0) is 21.8. The van der Waals surface area contributed by atoms with Gasteiger partial charge in [-0.2, -0.15) is 0 Å². The molecule has 0 saturated heterocycles. The van der Waals surface area contributed by atoms with Crippen LogP contribution in [0.4, 0.5) is 0 Å². The van der Waals surface area contributed by atoms with Crippen LogP contribution < -0.4 is 10.4 Å². The van der Waals surface area contributed by atoms with Crippen molar-refractivity contribution >= 4 is 24.7 Å². The van der Waals surface area contributed by atoms with Crippen LogP contribution in [0.5, 0.6) is 0 Å². The van der Waals surface area contributed by atoms with Gasteiger partial charge in [0.2, 0.25) is 0 Å². The lowest BCUT2D eigenvalue weighted by molar-refractivity contribution is -0.143. The Morgan fingerprint density at radius 2 is 1.57 bits per heavy atom. The maximum Gasteiger partial charge on any atom is 0.334 e. The Bertz CT molecular complexity index is 832. The van der Waals surface area contributed by atoms with Crippen LogP contribution >= 0.6 is 0 Å². The van der Waals surface area contributed by atoms with Gasteiger partial charge in [-0.3, -0.25) is 0 Å². The van der Waals surface area contributed by atoms with Crippen LogP contribution in [-0.4, -0.2) is 38.2 Å². The lowest BCUT2D eigenvalue weighted by Crippen LogP contribution is -2.66. The van der Waals surface area contributed by atoms with Crippen molar-refractivity contribution in [3.05, 3.63) is 72.3 Å². The van der Waals surface area contributed by atoms with Crippen LogP contribution in [0.25, 0.3) is 0 Å². The number of ether oxygens (including phenoxy) is 1. The van der Waals surface area contributed by atoms with E-state index in [2.05, 4.69) is 69.3 Å². The van der Waals surface area contributed by atoms with Gasteiger partial charge >= 0.3 is 5.97 Å². The van der Waals surface area contributed by atoms with E-state index in [-0.39, 0.29) is 11.0 Å². The first-order chi connectivity index (χ1) is 14.3. The summed E-state index contributed by atoms with van der Waals surface area (Å²) in [5.41, 5.74) is 0.558. The number of hydrogen-bond acceptors (Lipinski definition) is 4. The Labute approximate surface area is 180 Å². The molecule has 0 aromatic heterocycles. The minimum Gasteiger partial charge on any atom is -0.452 e.